The Labute approximate surface area is 101 Å². The van der Waals surface area contributed by atoms with Gasteiger partial charge in [0.1, 0.15) is 5.76 Å². The minimum Gasteiger partial charge on any atom is -0.464 e. The average Bonchev–Trinajstić information content (AvgIpc) is 2.70. The lowest BCUT2D eigenvalue weighted by Crippen LogP contribution is -2.32. The number of alkyl halides is 1. The molecule has 16 heavy (non-hydrogen) atoms. The van der Waals surface area contributed by atoms with Crippen LogP contribution in [0.3, 0.4) is 0 Å². The second-order valence-electron chi connectivity index (χ2n) is 5.92. The molecule has 0 spiro atoms. The Kier molecular flexibility index (Phi) is 1.93. The third-order valence-electron chi connectivity index (χ3n) is 4.25. The molecule has 0 fully saturated rings. The predicted octanol–water partition coefficient (Wildman–Crippen LogP) is 4.36. The average molecular weight is 237 g/mol. The molecular formula is C14H17ClO. The second kappa shape index (κ2) is 2.95. The smallest absolute Gasteiger partial charge is 0.133 e. The molecule has 0 saturated carbocycles. The number of halogens is 1. The molecule has 3 rings (SSSR count). The zero-order valence-corrected chi connectivity index (χ0v) is 10.8. The highest BCUT2D eigenvalue weighted by atomic mass is 35.5. The van der Waals surface area contributed by atoms with Gasteiger partial charge < -0.3 is 4.42 Å². The summed E-state index contributed by atoms with van der Waals surface area (Å²) in [4.78, 5) is -0.0884. The van der Waals surface area contributed by atoms with Crippen molar-refractivity contribution in [3.8, 4) is 0 Å². The first-order chi connectivity index (χ1) is 7.42. The normalized spacial score (nSPS) is 35.5. The summed E-state index contributed by atoms with van der Waals surface area (Å²) in [5, 5.41) is 0. The number of hydrogen-bond donors (Lipinski definition) is 0. The molecule has 2 aliphatic rings. The summed E-state index contributed by atoms with van der Waals surface area (Å²) in [6.45, 7) is 6.73. The van der Waals surface area contributed by atoms with E-state index in [0.717, 1.165) is 18.6 Å². The second-order valence-corrected chi connectivity index (χ2v) is 6.83. The summed E-state index contributed by atoms with van der Waals surface area (Å²) in [6.07, 6.45) is 6.06. The largest absolute Gasteiger partial charge is 0.464 e. The summed E-state index contributed by atoms with van der Waals surface area (Å²) < 4.78 is 5.64. The lowest BCUT2D eigenvalue weighted by atomic mass is 9.70. The van der Waals surface area contributed by atoms with Crippen LogP contribution in [0.5, 0.6) is 0 Å². The fourth-order valence-corrected chi connectivity index (χ4v) is 3.44. The maximum atomic E-state index is 6.50. The lowest BCUT2D eigenvalue weighted by molar-refractivity contribution is 0.342. The van der Waals surface area contributed by atoms with Gasteiger partial charge in [-0.25, -0.2) is 0 Å². The predicted molar refractivity (Wildman–Crippen MR) is 66.7 cm³/mol. The summed E-state index contributed by atoms with van der Waals surface area (Å²) in [5.74, 6) is 1.61. The van der Waals surface area contributed by atoms with Crippen molar-refractivity contribution in [2.24, 2.45) is 5.92 Å². The van der Waals surface area contributed by atoms with Gasteiger partial charge in [-0.05, 0) is 37.3 Å². The molecule has 1 nitrogen and oxygen atoms in total. The number of fused-ring (bicyclic) bond motifs is 3. The Morgan fingerprint density at radius 3 is 2.88 bits per heavy atom. The standard InChI is InChI=1S/C14H17ClO/c1-13(2)10-5-7-16-12(10)9-4-6-14(3,15)8-11(9)13/h4-5,7,11H,6,8H2,1-3H3. The molecule has 2 heteroatoms. The van der Waals surface area contributed by atoms with Gasteiger partial charge in [0.25, 0.3) is 0 Å². The minimum atomic E-state index is -0.0884. The van der Waals surface area contributed by atoms with E-state index in [2.05, 4.69) is 32.9 Å². The van der Waals surface area contributed by atoms with Crippen LogP contribution >= 0.6 is 11.6 Å². The van der Waals surface area contributed by atoms with Crippen LogP contribution in [0.4, 0.5) is 0 Å². The van der Waals surface area contributed by atoms with Crippen molar-refractivity contribution in [2.45, 2.75) is 43.9 Å². The Hall–Kier alpha value is -0.690. The highest BCUT2D eigenvalue weighted by molar-refractivity contribution is 6.24. The first-order valence-electron chi connectivity index (χ1n) is 5.89. The van der Waals surface area contributed by atoms with Crippen molar-refractivity contribution in [2.75, 3.05) is 0 Å². The van der Waals surface area contributed by atoms with E-state index in [4.69, 9.17) is 16.0 Å². The molecule has 0 amide bonds. The van der Waals surface area contributed by atoms with Crippen LogP contribution in [0, 0.1) is 5.92 Å². The zero-order valence-electron chi connectivity index (χ0n) is 10.0. The summed E-state index contributed by atoms with van der Waals surface area (Å²) in [6, 6.07) is 2.11. The Balaban J connectivity index is 2.14. The van der Waals surface area contributed by atoms with Gasteiger partial charge in [-0.2, -0.15) is 0 Å². The van der Waals surface area contributed by atoms with Crippen molar-refractivity contribution < 1.29 is 4.42 Å². The minimum absolute atomic E-state index is 0.0884. The van der Waals surface area contributed by atoms with E-state index in [1.807, 2.05) is 0 Å². The number of rotatable bonds is 0. The molecular weight excluding hydrogens is 220 g/mol. The number of furan rings is 1. The van der Waals surface area contributed by atoms with E-state index in [0.29, 0.717) is 5.92 Å². The molecule has 1 heterocycles. The maximum Gasteiger partial charge on any atom is 0.133 e. The summed E-state index contributed by atoms with van der Waals surface area (Å²) in [5.41, 5.74) is 2.88. The van der Waals surface area contributed by atoms with E-state index >= 15 is 0 Å². The van der Waals surface area contributed by atoms with Gasteiger partial charge in [-0.1, -0.05) is 19.9 Å². The van der Waals surface area contributed by atoms with Crippen LogP contribution in [0.1, 0.15) is 44.9 Å². The Bertz CT molecular complexity index is 465. The van der Waals surface area contributed by atoms with Crippen LogP contribution in [0.25, 0.3) is 5.57 Å². The Morgan fingerprint density at radius 2 is 2.12 bits per heavy atom. The number of allylic oxidation sites excluding steroid dienone is 2. The molecule has 2 unspecified atom stereocenters. The quantitative estimate of drug-likeness (QED) is 0.610. The fraction of sp³-hybridized carbons (Fsp3) is 0.571. The summed E-state index contributed by atoms with van der Waals surface area (Å²) in [7, 11) is 0. The van der Waals surface area contributed by atoms with E-state index in [9.17, 15) is 0 Å². The number of hydrogen-bond acceptors (Lipinski definition) is 1. The van der Waals surface area contributed by atoms with Crippen LogP contribution in [0.2, 0.25) is 0 Å². The van der Waals surface area contributed by atoms with Crippen molar-refractivity contribution in [3.05, 3.63) is 29.7 Å². The maximum absolute atomic E-state index is 6.50. The van der Waals surface area contributed by atoms with Gasteiger partial charge in [0.15, 0.2) is 0 Å². The zero-order chi connectivity index (χ0) is 11.6. The first kappa shape index (κ1) is 10.5. The van der Waals surface area contributed by atoms with E-state index < -0.39 is 0 Å². The fourth-order valence-electron chi connectivity index (χ4n) is 3.21. The van der Waals surface area contributed by atoms with Crippen molar-refractivity contribution >= 4 is 17.2 Å². The van der Waals surface area contributed by atoms with Gasteiger partial charge in [-0.3, -0.25) is 0 Å². The molecule has 0 N–H and O–H groups in total. The highest BCUT2D eigenvalue weighted by Gasteiger charge is 2.49. The molecule has 86 valence electrons. The van der Waals surface area contributed by atoms with Crippen molar-refractivity contribution in [3.63, 3.8) is 0 Å². The molecule has 0 saturated heterocycles. The van der Waals surface area contributed by atoms with Gasteiger partial charge in [0.2, 0.25) is 0 Å². The molecule has 0 aliphatic heterocycles. The topological polar surface area (TPSA) is 13.1 Å². The van der Waals surface area contributed by atoms with Gasteiger partial charge in [0, 0.05) is 15.9 Å². The monoisotopic (exact) mass is 236 g/mol. The lowest BCUT2D eigenvalue weighted by Gasteiger charge is -2.36. The first-order valence-corrected chi connectivity index (χ1v) is 6.27. The molecule has 2 aliphatic carbocycles. The van der Waals surface area contributed by atoms with Crippen molar-refractivity contribution in [1.29, 1.82) is 0 Å². The molecule has 0 aromatic carbocycles. The molecule has 1 aromatic rings. The molecule has 0 bridgehead atoms. The van der Waals surface area contributed by atoms with Crippen LogP contribution in [0.15, 0.2) is 22.8 Å². The van der Waals surface area contributed by atoms with Crippen LogP contribution in [-0.2, 0) is 5.41 Å². The summed E-state index contributed by atoms with van der Waals surface area (Å²) >= 11 is 6.50. The molecule has 0 radical (unpaired) electrons. The van der Waals surface area contributed by atoms with E-state index in [1.54, 1.807) is 6.26 Å². The van der Waals surface area contributed by atoms with Crippen LogP contribution in [-0.4, -0.2) is 4.87 Å². The van der Waals surface area contributed by atoms with Gasteiger partial charge in [-0.15, -0.1) is 11.6 Å². The highest BCUT2D eigenvalue weighted by Crippen LogP contribution is 2.56. The third kappa shape index (κ3) is 1.24. The van der Waals surface area contributed by atoms with E-state index in [-0.39, 0.29) is 10.3 Å². The van der Waals surface area contributed by atoms with Crippen molar-refractivity contribution in [1.82, 2.24) is 0 Å². The molecule has 2 atom stereocenters. The molecule has 1 aromatic heterocycles. The Morgan fingerprint density at radius 1 is 1.38 bits per heavy atom. The van der Waals surface area contributed by atoms with E-state index in [1.165, 1.54) is 11.1 Å². The van der Waals surface area contributed by atoms with Gasteiger partial charge in [0.05, 0.1) is 6.26 Å². The van der Waals surface area contributed by atoms with Crippen LogP contribution < -0.4 is 0 Å². The third-order valence-corrected chi connectivity index (χ3v) is 4.55. The SMILES string of the molecule is CC1(Cl)CC=C2c3occc3C(C)(C)C2C1. The van der Waals surface area contributed by atoms with Gasteiger partial charge >= 0.3 is 0 Å².